The Bertz CT molecular complexity index is 329. The van der Waals surface area contributed by atoms with E-state index in [0.717, 1.165) is 21.9 Å². The number of hydrogen-bond acceptors (Lipinski definition) is 1. The van der Waals surface area contributed by atoms with Crippen molar-refractivity contribution < 1.29 is 0 Å². The summed E-state index contributed by atoms with van der Waals surface area (Å²) in [4.78, 5) is 0. The van der Waals surface area contributed by atoms with Crippen molar-refractivity contribution in [3.8, 4) is 0 Å². The van der Waals surface area contributed by atoms with E-state index >= 15 is 0 Å². The van der Waals surface area contributed by atoms with E-state index < -0.39 is 0 Å². The maximum Gasteiger partial charge on any atom is 0.0738 e. The Morgan fingerprint density at radius 2 is 2.00 bits per heavy atom. The average molecular weight is 324 g/mol. The van der Waals surface area contributed by atoms with Crippen molar-refractivity contribution in [1.82, 2.24) is 9.78 Å². The highest BCUT2D eigenvalue weighted by molar-refractivity contribution is 9.10. The van der Waals surface area contributed by atoms with Crippen LogP contribution in [0.15, 0.2) is 4.47 Å². The molecule has 1 aromatic heterocycles. The fourth-order valence-corrected chi connectivity index (χ4v) is 2.05. The van der Waals surface area contributed by atoms with Crippen LogP contribution in [0.4, 0.5) is 0 Å². The molecule has 0 radical (unpaired) electrons. The minimum atomic E-state index is 0.267. The largest absolute Gasteiger partial charge is 0.271 e. The summed E-state index contributed by atoms with van der Waals surface area (Å²) >= 11 is 7.12. The van der Waals surface area contributed by atoms with Gasteiger partial charge in [0.1, 0.15) is 0 Å². The first-order valence-corrected chi connectivity index (χ1v) is 6.53. The first kappa shape index (κ1) is 12.2. The summed E-state index contributed by atoms with van der Waals surface area (Å²) in [5.41, 5.74) is 2.60. The molecule has 0 N–H and O–H groups in total. The van der Waals surface area contributed by atoms with Crippen LogP contribution in [0, 0.1) is 12.3 Å². The predicted octanol–water partition coefficient (Wildman–Crippen LogP) is 3.45. The van der Waals surface area contributed by atoms with Crippen LogP contribution in [-0.2, 0) is 13.5 Å². The van der Waals surface area contributed by atoms with E-state index in [1.807, 2.05) is 18.7 Å². The number of alkyl halides is 1. The molecular weight excluding hydrogens is 308 g/mol. The molecule has 0 bridgehead atoms. The Labute approximate surface area is 102 Å². The van der Waals surface area contributed by atoms with Gasteiger partial charge < -0.3 is 0 Å². The van der Waals surface area contributed by atoms with Crippen molar-refractivity contribution in [1.29, 1.82) is 0 Å². The van der Waals surface area contributed by atoms with Crippen LogP contribution < -0.4 is 0 Å². The summed E-state index contributed by atoms with van der Waals surface area (Å²) in [6.07, 6.45) is 1.02. The van der Waals surface area contributed by atoms with Crippen LogP contribution in [-0.4, -0.2) is 15.1 Å². The van der Waals surface area contributed by atoms with E-state index in [1.54, 1.807) is 0 Å². The van der Waals surface area contributed by atoms with E-state index in [1.165, 1.54) is 5.69 Å². The average Bonchev–Trinajstić information content (AvgIpc) is 2.32. The molecule has 0 atom stereocenters. The van der Waals surface area contributed by atoms with Crippen molar-refractivity contribution in [3.63, 3.8) is 0 Å². The Morgan fingerprint density at radius 1 is 1.43 bits per heavy atom. The van der Waals surface area contributed by atoms with Gasteiger partial charge in [0.2, 0.25) is 0 Å². The normalized spacial score (nSPS) is 12.1. The zero-order valence-corrected chi connectivity index (χ0v) is 12.2. The number of rotatable bonds is 3. The van der Waals surface area contributed by atoms with Crippen LogP contribution in [0.25, 0.3) is 0 Å². The van der Waals surface area contributed by atoms with Gasteiger partial charge in [0.05, 0.1) is 15.9 Å². The second-order valence-corrected chi connectivity index (χ2v) is 5.80. The van der Waals surface area contributed by atoms with E-state index in [2.05, 4.69) is 50.8 Å². The number of hydrogen-bond donors (Lipinski definition) is 0. The third-order valence-electron chi connectivity index (χ3n) is 2.27. The van der Waals surface area contributed by atoms with Crippen LogP contribution in [0.3, 0.4) is 0 Å². The Kier molecular flexibility index (Phi) is 3.81. The van der Waals surface area contributed by atoms with Gasteiger partial charge in [-0.1, -0.05) is 29.8 Å². The molecule has 0 aliphatic rings. The maximum absolute atomic E-state index is 4.38. The molecular formula is C10H16Br2N2. The summed E-state index contributed by atoms with van der Waals surface area (Å²) in [6, 6.07) is 0. The van der Waals surface area contributed by atoms with Crippen LogP contribution in [0.2, 0.25) is 0 Å². The van der Waals surface area contributed by atoms with Gasteiger partial charge in [0.25, 0.3) is 0 Å². The lowest BCUT2D eigenvalue weighted by atomic mass is 9.90. The predicted molar refractivity (Wildman–Crippen MR) is 66.9 cm³/mol. The standard InChI is InChI=1S/C10H16Br2N2/c1-7-9(12)8(14(4)13-7)5-10(2,3)6-11/h5-6H2,1-4H3. The quantitative estimate of drug-likeness (QED) is 0.779. The summed E-state index contributed by atoms with van der Waals surface area (Å²) in [7, 11) is 2.00. The van der Waals surface area contributed by atoms with Crippen molar-refractivity contribution in [3.05, 3.63) is 15.9 Å². The Balaban J connectivity index is 2.97. The second-order valence-electron chi connectivity index (χ2n) is 4.44. The molecule has 0 unspecified atom stereocenters. The molecule has 0 aromatic carbocycles. The number of aromatic nitrogens is 2. The molecule has 1 rings (SSSR count). The lowest BCUT2D eigenvalue weighted by Crippen LogP contribution is -2.18. The molecule has 0 spiro atoms. The molecule has 0 amide bonds. The third kappa shape index (κ3) is 2.60. The van der Waals surface area contributed by atoms with Crippen LogP contribution in [0.5, 0.6) is 0 Å². The molecule has 4 heteroatoms. The van der Waals surface area contributed by atoms with Gasteiger partial charge >= 0.3 is 0 Å². The number of halogens is 2. The summed E-state index contributed by atoms with van der Waals surface area (Å²) in [5, 5.41) is 5.38. The van der Waals surface area contributed by atoms with Gasteiger partial charge in [0, 0.05) is 12.4 Å². The molecule has 0 saturated heterocycles. The fraction of sp³-hybridized carbons (Fsp3) is 0.700. The van der Waals surface area contributed by atoms with Gasteiger partial charge in [-0.2, -0.15) is 5.10 Å². The third-order valence-corrected chi connectivity index (χ3v) is 4.82. The van der Waals surface area contributed by atoms with Crippen molar-refractivity contribution in [2.75, 3.05) is 5.33 Å². The van der Waals surface area contributed by atoms with E-state index in [4.69, 9.17) is 0 Å². The summed E-state index contributed by atoms with van der Waals surface area (Å²) in [5.74, 6) is 0. The van der Waals surface area contributed by atoms with Crippen molar-refractivity contribution >= 4 is 31.9 Å². The summed E-state index contributed by atoms with van der Waals surface area (Å²) in [6.45, 7) is 6.52. The monoisotopic (exact) mass is 322 g/mol. The van der Waals surface area contributed by atoms with Gasteiger partial charge in [-0.25, -0.2) is 0 Å². The first-order chi connectivity index (χ1) is 6.37. The molecule has 80 valence electrons. The fourth-order valence-electron chi connectivity index (χ4n) is 1.37. The minimum absolute atomic E-state index is 0.267. The number of aryl methyl sites for hydroxylation is 2. The van der Waals surface area contributed by atoms with Gasteiger partial charge in [-0.05, 0) is 34.7 Å². The highest BCUT2D eigenvalue weighted by Gasteiger charge is 2.21. The second kappa shape index (κ2) is 4.35. The van der Waals surface area contributed by atoms with E-state index in [-0.39, 0.29) is 5.41 Å². The Hall–Kier alpha value is 0.170. The molecule has 0 aliphatic heterocycles. The zero-order chi connectivity index (χ0) is 10.9. The zero-order valence-electron chi connectivity index (χ0n) is 9.06. The topological polar surface area (TPSA) is 17.8 Å². The van der Waals surface area contributed by atoms with Crippen LogP contribution in [0.1, 0.15) is 25.2 Å². The lowest BCUT2D eigenvalue weighted by molar-refractivity contribution is 0.409. The first-order valence-electron chi connectivity index (χ1n) is 4.61. The lowest BCUT2D eigenvalue weighted by Gasteiger charge is -2.21. The van der Waals surface area contributed by atoms with E-state index in [0.29, 0.717) is 0 Å². The molecule has 0 aliphatic carbocycles. The molecule has 14 heavy (non-hydrogen) atoms. The number of nitrogens with zero attached hydrogens (tertiary/aromatic N) is 2. The molecule has 1 heterocycles. The van der Waals surface area contributed by atoms with Crippen molar-refractivity contribution in [2.45, 2.75) is 27.2 Å². The van der Waals surface area contributed by atoms with E-state index in [9.17, 15) is 0 Å². The molecule has 1 aromatic rings. The molecule has 0 fully saturated rings. The van der Waals surface area contributed by atoms with Gasteiger partial charge in [0.15, 0.2) is 0 Å². The molecule has 0 saturated carbocycles. The minimum Gasteiger partial charge on any atom is -0.271 e. The smallest absolute Gasteiger partial charge is 0.0738 e. The molecule has 2 nitrogen and oxygen atoms in total. The maximum atomic E-state index is 4.38. The van der Waals surface area contributed by atoms with Gasteiger partial charge in [-0.15, -0.1) is 0 Å². The Morgan fingerprint density at radius 3 is 2.36 bits per heavy atom. The highest BCUT2D eigenvalue weighted by atomic mass is 79.9. The highest BCUT2D eigenvalue weighted by Crippen LogP contribution is 2.29. The van der Waals surface area contributed by atoms with Crippen molar-refractivity contribution in [2.24, 2.45) is 12.5 Å². The van der Waals surface area contributed by atoms with Crippen LogP contribution >= 0.6 is 31.9 Å². The SMILES string of the molecule is Cc1nn(C)c(CC(C)(C)CBr)c1Br. The van der Waals surface area contributed by atoms with Gasteiger partial charge in [-0.3, -0.25) is 4.68 Å². The summed E-state index contributed by atoms with van der Waals surface area (Å²) < 4.78 is 3.11.